The minimum atomic E-state index is -0.251. The third kappa shape index (κ3) is 3.54. The molecule has 3 aromatic rings. The zero-order chi connectivity index (χ0) is 18.8. The number of rotatable bonds is 4. The first kappa shape index (κ1) is 17.2. The number of nitrogens with one attached hydrogen (secondary N) is 2. The molecule has 0 spiro atoms. The molecule has 1 unspecified atom stereocenters. The third-order valence-corrected chi connectivity index (χ3v) is 5.28. The van der Waals surface area contributed by atoms with Crippen LogP contribution in [0.4, 0.5) is 5.69 Å². The van der Waals surface area contributed by atoms with Gasteiger partial charge in [-0.3, -0.25) is 4.79 Å². The van der Waals surface area contributed by atoms with Crippen LogP contribution in [0.5, 0.6) is 0 Å². The largest absolute Gasteiger partial charge is 0.482 e. The van der Waals surface area contributed by atoms with E-state index < -0.39 is 0 Å². The van der Waals surface area contributed by atoms with Crippen LogP contribution in [0.15, 0.2) is 64.6 Å². The van der Waals surface area contributed by atoms with Gasteiger partial charge in [-0.1, -0.05) is 12.1 Å². The van der Waals surface area contributed by atoms with Gasteiger partial charge in [0.2, 0.25) is 17.4 Å². The number of hydrazone groups is 1. The minimum absolute atomic E-state index is 0.00309. The van der Waals surface area contributed by atoms with Crippen LogP contribution in [0, 0.1) is 0 Å². The molecule has 1 aromatic carbocycles. The van der Waals surface area contributed by atoms with E-state index in [1.807, 2.05) is 35.7 Å². The molecule has 2 amide bonds. The van der Waals surface area contributed by atoms with Crippen LogP contribution in [0.25, 0.3) is 0 Å². The molecular formula is C20H18N3O3S+. The van der Waals surface area contributed by atoms with Crippen molar-refractivity contribution >= 4 is 34.6 Å². The maximum absolute atomic E-state index is 13.0. The Bertz CT molecular complexity index is 1010. The van der Waals surface area contributed by atoms with Crippen LogP contribution in [0.3, 0.4) is 0 Å². The molecular weight excluding hydrogens is 362 g/mol. The van der Waals surface area contributed by atoms with E-state index in [4.69, 9.17) is 4.42 Å². The molecule has 0 fully saturated rings. The number of anilines is 1. The van der Waals surface area contributed by atoms with Crippen molar-refractivity contribution in [3.63, 3.8) is 0 Å². The monoisotopic (exact) mass is 380 g/mol. The Morgan fingerprint density at radius 1 is 1.22 bits per heavy atom. The molecule has 0 saturated heterocycles. The van der Waals surface area contributed by atoms with E-state index in [1.165, 1.54) is 13.2 Å². The molecule has 0 bridgehead atoms. The number of nitrogens with zero attached hydrogens (tertiary/aromatic N) is 1. The van der Waals surface area contributed by atoms with Crippen molar-refractivity contribution in [3.05, 3.63) is 76.4 Å². The molecule has 1 aliphatic rings. The summed E-state index contributed by atoms with van der Waals surface area (Å²) in [6.45, 7) is 1.47. The average molecular weight is 380 g/mol. The van der Waals surface area contributed by atoms with E-state index in [9.17, 15) is 9.59 Å². The highest BCUT2D eigenvalue weighted by Crippen LogP contribution is 2.29. The van der Waals surface area contributed by atoms with Gasteiger partial charge in [0.25, 0.3) is 0 Å². The number of carbonyl (C=O) groups is 2. The predicted octanol–water partition coefficient (Wildman–Crippen LogP) is 3.59. The number of hydrogen-bond donors (Lipinski definition) is 2. The van der Waals surface area contributed by atoms with Crippen molar-refractivity contribution in [3.8, 4) is 0 Å². The summed E-state index contributed by atoms with van der Waals surface area (Å²) in [5, 5.41) is 4.81. The lowest BCUT2D eigenvalue weighted by molar-refractivity contribution is -0.490. The molecule has 7 heteroatoms. The van der Waals surface area contributed by atoms with Gasteiger partial charge in [0.15, 0.2) is 0 Å². The molecule has 1 atom stereocenters. The van der Waals surface area contributed by atoms with Gasteiger partial charge in [0.1, 0.15) is 6.04 Å². The lowest BCUT2D eigenvalue weighted by Gasteiger charge is -2.04. The molecule has 136 valence electrons. The van der Waals surface area contributed by atoms with Crippen molar-refractivity contribution < 1.29 is 18.7 Å². The Balaban J connectivity index is 1.74. The van der Waals surface area contributed by atoms with Gasteiger partial charge < -0.3 is 9.73 Å². The van der Waals surface area contributed by atoms with E-state index in [2.05, 4.69) is 16.8 Å². The fourth-order valence-electron chi connectivity index (χ4n) is 3.14. The molecule has 27 heavy (non-hydrogen) atoms. The Kier molecular flexibility index (Phi) is 4.60. The van der Waals surface area contributed by atoms with Gasteiger partial charge in [-0.15, -0.1) is 11.3 Å². The number of thiophene rings is 1. The summed E-state index contributed by atoms with van der Waals surface area (Å²) in [6, 6.07) is 14.9. The second-order valence-electron chi connectivity index (χ2n) is 6.23. The Labute approximate surface area is 160 Å². The second-order valence-corrected chi connectivity index (χ2v) is 7.21. The van der Waals surface area contributed by atoms with Crippen LogP contribution in [0.2, 0.25) is 0 Å². The summed E-state index contributed by atoms with van der Waals surface area (Å²) in [4.78, 5) is 25.5. The van der Waals surface area contributed by atoms with Gasteiger partial charge in [-0.25, -0.2) is 4.79 Å². The number of hydrogen-bond acceptors (Lipinski definition) is 5. The molecule has 6 nitrogen and oxygen atoms in total. The van der Waals surface area contributed by atoms with E-state index in [1.54, 1.807) is 28.2 Å². The van der Waals surface area contributed by atoms with Crippen LogP contribution >= 0.6 is 11.3 Å². The highest BCUT2D eigenvalue weighted by Gasteiger charge is 2.40. The maximum atomic E-state index is 13.0. The molecule has 0 saturated carbocycles. The lowest BCUT2D eigenvalue weighted by Crippen LogP contribution is -2.33. The van der Waals surface area contributed by atoms with Crippen molar-refractivity contribution in [2.75, 3.05) is 5.32 Å². The van der Waals surface area contributed by atoms with Gasteiger partial charge in [-0.05, 0) is 46.5 Å². The summed E-state index contributed by atoms with van der Waals surface area (Å²) in [5.74, 6) is -0.120. The highest BCUT2D eigenvalue weighted by molar-refractivity contribution is 7.10. The van der Waals surface area contributed by atoms with Gasteiger partial charge >= 0.3 is 5.91 Å². The van der Waals surface area contributed by atoms with E-state index in [0.717, 1.165) is 16.2 Å². The van der Waals surface area contributed by atoms with Crippen molar-refractivity contribution in [2.45, 2.75) is 19.4 Å². The Hall–Kier alpha value is -3.19. The predicted molar refractivity (Wildman–Crippen MR) is 103 cm³/mol. The molecule has 4 rings (SSSR count). The second kappa shape index (κ2) is 7.20. The van der Waals surface area contributed by atoms with Crippen LogP contribution in [-0.4, -0.2) is 22.2 Å². The van der Waals surface area contributed by atoms with Crippen LogP contribution in [0.1, 0.15) is 40.4 Å². The maximum Gasteiger partial charge on any atom is 0.482 e. The van der Waals surface area contributed by atoms with Crippen molar-refractivity contribution in [1.29, 1.82) is 0 Å². The minimum Gasteiger partial charge on any atom is -0.454 e. The van der Waals surface area contributed by atoms with Crippen molar-refractivity contribution in [1.82, 2.24) is 5.43 Å². The van der Waals surface area contributed by atoms with Gasteiger partial charge in [-0.2, -0.15) is 5.43 Å². The summed E-state index contributed by atoms with van der Waals surface area (Å²) >= 11 is 1.65. The SMILES string of the molecule is CC(=O)Nc1cccc(C2=[N+](C(=O)c3ccco3)NC(c3cccs3)C2)c1. The zero-order valence-corrected chi connectivity index (χ0v) is 15.5. The number of furan rings is 1. The molecule has 0 radical (unpaired) electrons. The Morgan fingerprint density at radius 2 is 2.11 bits per heavy atom. The standard InChI is InChI=1S/C20H17N3O3S/c1-13(24)21-15-6-2-5-14(11-15)17-12-16(19-8-4-10-27-19)22-23(17)20(25)18-7-3-9-26-18/h2-11,16,22H,12H2,1H3/p+1. The number of amides is 2. The number of hydrazine groups is 1. The van der Waals surface area contributed by atoms with Gasteiger partial charge in [0, 0.05) is 23.1 Å². The normalized spacial score (nSPS) is 16.3. The van der Waals surface area contributed by atoms with Crippen LogP contribution < -0.4 is 10.7 Å². The fourth-order valence-corrected chi connectivity index (χ4v) is 3.91. The van der Waals surface area contributed by atoms with E-state index in [0.29, 0.717) is 12.1 Å². The Morgan fingerprint density at radius 3 is 2.81 bits per heavy atom. The molecule has 1 aliphatic heterocycles. The first-order valence-corrected chi connectivity index (χ1v) is 9.41. The molecule has 0 aliphatic carbocycles. The van der Waals surface area contributed by atoms with Gasteiger partial charge in [0.05, 0.1) is 12.7 Å². The third-order valence-electron chi connectivity index (χ3n) is 4.29. The topological polar surface area (TPSA) is 74.3 Å². The molecule has 2 N–H and O–H groups in total. The average Bonchev–Trinajstić information content (AvgIpc) is 3.41. The first-order chi connectivity index (χ1) is 13.1. The smallest absolute Gasteiger partial charge is 0.454 e. The van der Waals surface area contributed by atoms with E-state index in [-0.39, 0.29) is 23.6 Å². The van der Waals surface area contributed by atoms with E-state index >= 15 is 0 Å². The number of benzene rings is 1. The number of carbonyl (C=O) groups excluding carboxylic acids is 2. The summed E-state index contributed by atoms with van der Waals surface area (Å²) < 4.78 is 6.85. The molecule has 2 aromatic heterocycles. The summed E-state index contributed by atoms with van der Waals surface area (Å²) in [5.41, 5.74) is 5.70. The summed E-state index contributed by atoms with van der Waals surface area (Å²) in [6.07, 6.45) is 2.13. The quantitative estimate of drug-likeness (QED) is 0.679. The van der Waals surface area contributed by atoms with Crippen molar-refractivity contribution in [2.24, 2.45) is 0 Å². The highest BCUT2D eigenvalue weighted by atomic mass is 32.1. The zero-order valence-electron chi connectivity index (χ0n) is 14.6. The fraction of sp³-hybridized carbons (Fsp3) is 0.150. The summed E-state index contributed by atoms with van der Waals surface area (Å²) in [7, 11) is 0. The first-order valence-electron chi connectivity index (χ1n) is 8.53. The molecule has 3 heterocycles. The lowest BCUT2D eigenvalue weighted by atomic mass is 10.0. The van der Waals surface area contributed by atoms with Crippen LogP contribution in [-0.2, 0) is 4.79 Å².